The van der Waals surface area contributed by atoms with Gasteiger partial charge in [0.1, 0.15) is 12.3 Å². The third-order valence-electron chi connectivity index (χ3n) is 5.57. The Hall–Kier alpha value is -3.61. The van der Waals surface area contributed by atoms with Crippen molar-refractivity contribution in [2.24, 2.45) is 0 Å². The highest BCUT2D eigenvalue weighted by atomic mass is 16.5. The zero-order valence-electron chi connectivity index (χ0n) is 17.8. The van der Waals surface area contributed by atoms with Gasteiger partial charge in [-0.1, -0.05) is 12.1 Å². The second kappa shape index (κ2) is 9.04. The van der Waals surface area contributed by atoms with E-state index in [4.69, 9.17) is 4.74 Å². The van der Waals surface area contributed by atoms with Gasteiger partial charge in [-0.15, -0.1) is 0 Å². The number of hydrogen-bond donors (Lipinski definition) is 0. The monoisotopic (exact) mass is 418 g/mol. The normalized spacial score (nSPS) is 13.9. The quantitative estimate of drug-likeness (QED) is 0.637. The van der Waals surface area contributed by atoms with Crippen LogP contribution < -0.4 is 15.2 Å². The lowest BCUT2D eigenvalue weighted by molar-refractivity contribution is -0.132. The number of aromatic nitrogens is 2. The summed E-state index contributed by atoms with van der Waals surface area (Å²) in [5, 5.41) is 0. The molecule has 2 aromatic carbocycles. The second-order valence-electron chi connectivity index (χ2n) is 7.68. The molecule has 0 atom stereocenters. The maximum atomic E-state index is 12.7. The molecule has 0 unspecified atom stereocenters. The van der Waals surface area contributed by atoms with Crippen LogP contribution in [0.5, 0.6) is 5.75 Å². The highest BCUT2D eigenvalue weighted by Gasteiger charge is 2.22. The number of methoxy groups -OCH3 is 1. The van der Waals surface area contributed by atoms with Crippen molar-refractivity contribution in [3.8, 4) is 17.0 Å². The van der Waals surface area contributed by atoms with E-state index in [-0.39, 0.29) is 18.0 Å². The number of carbonyl (C=O) groups excluding carboxylic acids is 1. The first-order valence-electron chi connectivity index (χ1n) is 10.3. The summed E-state index contributed by atoms with van der Waals surface area (Å²) < 4.78 is 6.52. The highest BCUT2D eigenvalue weighted by molar-refractivity contribution is 5.76. The molecule has 1 aliphatic heterocycles. The zero-order valence-corrected chi connectivity index (χ0v) is 17.8. The minimum Gasteiger partial charge on any atom is -0.497 e. The Kier molecular flexibility index (Phi) is 6.02. The van der Waals surface area contributed by atoms with Crippen LogP contribution in [0.3, 0.4) is 0 Å². The Morgan fingerprint density at radius 3 is 2.42 bits per heavy atom. The predicted molar refractivity (Wildman–Crippen MR) is 120 cm³/mol. The summed E-state index contributed by atoms with van der Waals surface area (Å²) >= 11 is 0. The number of carbonyl (C=O) groups is 1. The van der Waals surface area contributed by atoms with Crippen LogP contribution in [0.4, 0.5) is 5.69 Å². The molecule has 1 aliphatic rings. The average Bonchev–Trinajstić information content (AvgIpc) is 2.80. The Morgan fingerprint density at radius 2 is 1.77 bits per heavy atom. The van der Waals surface area contributed by atoms with Gasteiger partial charge >= 0.3 is 0 Å². The third kappa shape index (κ3) is 4.77. The van der Waals surface area contributed by atoms with E-state index in [1.54, 1.807) is 7.11 Å². The number of aryl methyl sites for hydroxylation is 1. The van der Waals surface area contributed by atoms with Crippen molar-refractivity contribution in [1.29, 1.82) is 0 Å². The highest BCUT2D eigenvalue weighted by Crippen LogP contribution is 2.20. The first-order valence-corrected chi connectivity index (χ1v) is 10.3. The lowest BCUT2D eigenvalue weighted by atomic mass is 10.1. The Morgan fingerprint density at radius 1 is 1.03 bits per heavy atom. The topological polar surface area (TPSA) is 67.7 Å². The van der Waals surface area contributed by atoms with Crippen LogP contribution in [0.2, 0.25) is 0 Å². The molecule has 31 heavy (non-hydrogen) atoms. The molecular weight excluding hydrogens is 392 g/mol. The largest absolute Gasteiger partial charge is 0.497 e. The second-order valence-corrected chi connectivity index (χ2v) is 7.68. The zero-order chi connectivity index (χ0) is 21.8. The van der Waals surface area contributed by atoms with E-state index in [9.17, 15) is 9.59 Å². The smallest absolute Gasteiger partial charge is 0.254 e. The van der Waals surface area contributed by atoms with E-state index in [1.165, 1.54) is 28.2 Å². The van der Waals surface area contributed by atoms with Crippen LogP contribution in [0.15, 0.2) is 65.7 Å². The van der Waals surface area contributed by atoms with Gasteiger partial charge in [0.2, 0.25) is 5.91 Å². The van der Waals surface area contributed by atoms with Gasteiger partial charge in [0.25, 0.3) is 5.56 Å². The van der Waals surface area contributed by atoms with Crippen molar-refractivity contribution >= 4 is 11.6 Å². The molecule has 1 aromatic heterocycles. The predicted octanol–water partition coefficient (Wildman–Crippen LogP) is 2.58. The van der Waals surface area contributed by atoms with Crippen LogP contribution in [0.1, 0.15) is 5.56 Å². The number of anilines is 1. The molecule has 160 valence electrons. The number of amides is 1. The Bertz CT molecular complexity index is 1120. The summed E-state index contributed by atoms with van der Waals surface area (Å²) in [6, 6.07) is 17.2. The Balaban J connectivity index is 1.38. The first kappa shape index (κ1) is 20.7. The summed E-state index contributed by atoms with van der Waals surface area (Å²) in [5.74, 6) is 0.676. The molecule has 7 heteroatoms. The van der Waals surface area contributed by atoms with Gasteiger partial charge < -0.3 is 14.5 Å². The molecule has 1 fully saturated rings. The van der Waals surface area contributed by atoms with Crippen LogP contribution in [-0.2, 0) is 11.3 Å². The van der Waals surface area contributed by atoms with E-state index >= 15 is 0 Å². The molecule has 0 bridgehead atoms. The molecule has 0 spiro atoms. The fourth-order valence-corrected chi connectivity index (χ4v) is 3.75. The third-order valence-corrected chi connectivity index (χ3v) is 5.57. The molecule has 0 radical (unpaired) electrons. The number of piperazine rings is 1. The molecule has 7 nitrogen and oxygen atoms in total. The molecule has 1 saturated heterocycles. The summed E-state index contributed by atoms with van der Waals surface area (Å²) in [7, 11) is 1.61. The number of nitrogens with zero attached hydrogens (tertiary/aromatic N) is 4. The summed E-state index contributed by atoms with van der Waals surface area (Å²) in [4.78, 5) is 33.8. The van der Waals surface area contributed by atoms with Crippen molar-refractivity contribution in [3.63, 3.8) is 0 Å². The molecule has 0 saturated carbocycles. The summed E-state index contributed by atoms with van der Waals surface area (Å²) in [5.41, 5.74) is 3.56. The standard InChI is InChI=1S/C24H26N4O3/c1-18-4-3-5-20(14-18)26-10-12-27(13-11-26)24(30)16-28-17-25-22(15-23(28)29)19-6-8-21(31-2)9-7-19/h3-9,14-15,17H,10-13,16H2,1-2H3. The lowest BCUT2D eigenvalue weighted by Crippen LogP contribution is -2.50. The maximum absolute atomic E-state index is 12.7. The average molecular weight is 418 g/mol. The lowest BCUT2D eigenvalue weighted by Gasteiger charge is -2.36. The molecule has 3 aromatic rings. The van der Waals surface area contributed by atoms with Crippen LogP contribution >= 0.6 is 0 Å². The van der Waals surface area contributed by atoms with Crippen molar-refractivity contribution in [3.05, 3.63) is 76.8 Å². The molecular formula is C24H26N4O3. The van der Waals surface area contributed by atoms with Crippen molar-refractivity contribution < 1.29 is 9.53 Å². The minimum absolute atomic E-state index is 0.000822. The fourth-order valence-electron chi connectivity index (χ4n) is 3.75. The first-order chi connectivity index (χ1) is 15.0. The molecule has 2 heterocycles. The van der Waals surface area contributed by atoms with Crippen molar-refractivity contribution in [1.82, 2.24) is 14.5 Å². The van der Waals surface area contributed by atoms with E-state index < -0.39 is 0 Å². The molecule has 1 amide bonds. The van der Waals surface area contributed by atoms with Crippen LogP contribution in [0.25, 0.3) is 11.3 Å². The molecule has 4 rings (SSSR count). The van der Waals surface area contributed by atoms with E-state index in [1.807, 2.05) is 29.2 Å². The summed E-state index contributed by atoms with van der Waals surface area (Å²) in [6.07, 6.45) is 1.45. The number of ether oxygens (including phenoxy) is 1. The van der Waals surface area contributed by atoms with Gasteiger partial charge in [-0.25, -0.2) is 4.98 Å². The molecule has 0 aliphatic carbocycles. The van der Waals surface area contributed by atoms with Crippen molar-refractivity contribution in [2.75, 3.05) is 38.2 Å². The minimum atomic E-state index is -0.243. The van der Waals surface area contributed by atoms with Gasteiger partial charge in [0.15, 0.2) is 0 Å². The maximum Gasteiger partial charge on any atom is 0.254 e. The van der Waals surface area contributed by atoms with Gasteiger partial charge in [0.05, 0.1) is 19.1 Å². The molecule has 0 N–H and O–H groups in total. The Labute approximate surface area is 181 Å². The van der Waals surface area contributed by atoms with Gasteiger partial charge in [-0.3, -0.25) is 14.2 Å². The number of hydrogen-bond acceptors (Lipinski definition) is 5. The fraction of sp³-hybridized carbons (Fsp3) is 0.292. The van der Waals surface area contributed by atoms with E-state index in [2.05, 4.69) is 41.1 Å². The van der Waals surface area contributed by atoms with Gasteiger partial charge in [0, 0.05) is 43.5 Å². The number of rotatable bonds is 5. The van der Waals surface area contributed by atoms with Crippen LogP contribution in [0, 0.1) is 6.92 Å². The van der Waals surface area contributed by atoms with Gasteiger partial charge in [-0.2, -0.15) is 0 Å². The number of benzene rings is 2. The van der Waals surface area contributed by atoms with E-state index in [0.29, 0.717) is 18.8 Å². The van der Waals surface area contributed by atoms with Gasteiger partial charge in [-0.05, 0) is 48.9 Å². The summed E-state index contributed by atoms with van der Waals surface area (Å²) in [6.45, 7) is 4.91. The van der Waals surface area contributed by atoms with Crippen LogP contribution in [-0.4, -0.2) is 53.6 Å². The van der Waals surface area contributed by atoms with E-state index in [0.717, 1.165) is 24.4 Å². The SMILES string of the molecule is COc1ccc(-c2cc(=O)n(CC(=O)N3CCN(c4cccc(C)c4)CC3)cn2)cc1. The van der Waals surface area contributed by atoms with Crippen molar-refractivity contribution in [2.45, 2.75) is 13.5 Å².